The van der Waals surface area contributed by atoms with Gasteiger partial charge < -0.3 is 14.4 Å². The van der Waals surface area contributed by atoms with Crippen LogP contribution in [0.5, 0.6) is 5.75 Å². The maximum Gasteiger partial charge on any atom is 0.331 e. The summed E-state index contributed by atoms with van der Waals surface area (Å²) < 4.78 is 10.8. The molecular weight excluding hydrogens is 398 g/mol. The number of amides is 1. The molecule has 0 saturated carbocycles. The molecule has 0 saturated heterocycles. The Morgan fingerprint density at radius 1 is 1.30 bits per heavy atom. The van der Waals surface area contributed by atoms with Gasteiger partial charge in [-0.1, -0.05) is 30.4 Å². The molecule has 1 unspecified atom stereocenters. The van der Waals surface area contributed by atoms with Gasteiger partial charge in [0, 0.05) is 16.9 Å². The minimum Gasteiger partial charge on any atom is -0.489 e. The van der Waals surface area contributed by atoms with Gasteiger partial charge in [-0.15, -0.1) is 0 Å². The molecule has 1 aromatic rings. The van der Waals surface area contributed by atoms with Gasteiger partial charge in [0.1, 0.15) is 17.9 Å². The molecule has 0 aromatic heterocycles. The Morgan fingerprint density at radius 3 is 2.80 bits per heavy atom. The molecule has 1 heterocycles. The van der Waals surface area contributed by atoms with E-state index in [2.05, 4.69) is 18.7 Å². The van der Waals surface area contributed by atoms with Crippen molar-refractivity contribution in [2.75, 3.05) is 19.8 Å². The summed E-state index contributed by atoms with van der Waals surface area (Å²) in [5, 5.41) is 0. The van der Waals surface area contributed by atoms with E-state index in [-0.39, 0.29) is 17.3 Å². The average molecular weight is 428 g/mol. The maximum absolute atomic E-state index is 13.0. The molecule has 6 heteroatoms. The van der Waals surface area contributed by atoms with Crippen molar-refractivity contribution in [3.8, 4) is 5.75 Å². The van der Waals surface area contributed by atoms with Crippen molar-refractivity contribution in [2.24, 2.45) is 0 Å². The number of fused-ring (bicyclic) bond motifs is 1. The van der Waals surface area contributed by atoms with Crippen LogP contribution in [0.15, 0.2) is 54.2 Å². The third-order valence-corrected chi connectivity index (χ3v) is 5.62. The van der Waals surface area contributed by atoms with Crippen LogP contribution in [0.4, 0.5) is 0 Å². The number of carbonyl (C=O) groups excluding carboxylic acids is 2. The first kappa shape index (κ1) is 22.2. The number of benzene rings is 1. The molecule has 1 amide bonds. The molecule has 3 rings (SSSR count). The lowest BCUT2D eigenvalue weighted by Crippen LogP contribution is -2.56. The van der Waals surface area contributed by atoms with E-state index in [1.54, 1.807) is 37.8 Å². The van der Waals surface area contributed by atoms with Gasteiger partial charge in [-0.3, -0.25) is 4.79 Å². The lowest BCUT2D eigenvalue weighted by Gasteiger charge is -2.39. The zero-order valence-corrected chi connectivity index (χ0v) is 18.9. The van der Waals surface area contributed by atoms with Crippen LogP contribution in [-0.4, -0.2) is 46.8 Å². The first-order chi connectivity index (χ1) is 14.1. The van der Waals surface area contributed by atoms with Crippen LogP contribution in [0.3, 0.4) is 0 Å². The molecule has 160 valence electrons. The summed E-state index contributed by atoms with van der Waals surface area (Å²) in [5.41, 5.74) is 1.56. The van der Waals surface area contributed by atoms with Crippen molar-refractivity contribution in [3.05, 3.63) is 65.3 Å². The summed E-state index contributed by atoms with van der Waals surface area (Å²) >= 11 is 4.63. The lowest BCUT2D eigenvalue weighted by molar-refractivity contribution is -0.154. The fraction of sp³-hybridized carbons (Fsp3) is 0.417. The van der Waals surface area contributed by atoms with Gasteiger partial charge in [-0.05, 0) is 63.5 Å². The standard InChI is InChI=1S/C24H29NO4S/c1-5-28-22(27)23(2,3)25-13-11-18-14-19(9-10-20(18)21(25)26)29-16-17-8-6-7-12-24(4,30)15-17/h6-10,12,14-15,30H,5,11,13,16H2,1-4H3. The summed E-state index contributed by atoms with van der Waals surface area (Å²) in [4.78, 5) is 27.0. The molecule has 0 N–H and O–H groups in total. The zero-order chi connectivity index (χ0) is 21.9. The van der Waals surface area contributed by atoms with Gasteiger partial charge >= 0.3 is 5.97 Å². The van der Waals surface area contributed by atoms with Crippen molar-refractivity contribution in [1.29, 1.82) is 0 Å². The van der Waals surface area contributed by atoms with Gasteiger partial charge in [-0.2, -0.15) is 12.6 Å². The predicted octanol–water partition coefficient (Wildman–Crippen LogP) is 4.15. The van der Waals surface area contributed by atoms with E-state index >= 15 is 0 Å². The monoisotopic (exact) mass is 427 g/mol. The van der Waals surface area contributed by atoms with Crippen molar-refractivity contribution in [2.45, 2.75) is 44.4 Å². The minimum absolute atomic E-state index is 0.160. The van der Waals surface area contributed by atoms with Gasteiger partial charge in [0.15, 0.2) is 0 Å². The van der Waals surface area contributed by atoms with Crippen LogP contribution in [0.2, 0.25) is 0 Å². The summed E-state index contributed by atoms with van der Waals surface area (Å²) in [5.74, 6) is 0.163. The van der Waals surface area contributed by atoms with Gasteiger partial charge in [-0.25, -0.2) is 4.79 Å². The molecule has 5 nitrogen and oxygen atoms in total. The fourth-order valence-corrected chi connectivity index (χ4v) is 3.92. The highest BCUT2D eigenvalue weighted by Gasteiger charge is 2.41. The molecule has 1 aliphatic heterocycles. The molecule has 1 aromatic carbocycles. The largest absolute Gasteiger partial charge is 0.489 e. The number of esters is 1. The third kappa shape index (κ3) is 4.81. The second kappa shape index (κ2) is 8.72. The number of ether oxygens (including phenoxy) is 2. The molecule has 0 fully saturated rings. The van der Waals surface area contributed by atoms with E-state index in [0.717, 1.165) is 11.1 Å². The molecule has 30 heavy (non-hydrogen) atoms. The van der Waals surface area contributed by atoms with Crippen LogP contribution in [0, 0.1) is 0 Å². The van der Waals surface area contributed by atoms with Crippen molar-refractivity contribution in [1.82, 2.24) is 4.90 Å². The fourth-order valence-electron chi connectivity index (χ4n) is 3.66. The molecule has 0 spiro atoms. The Hall–Kier alpha value is -2.47. The van der Waals surface area contributed by atoms with Crippen molar-refractivity contribution in [3.63, 3.8) is 0 Å². The normalized spacial score (nSPS) is 21.0. The van der Waals surface area contributed by atoms with Crippen molar-refractivity contribution >= 4 is 24.5 Å². The summed E-state index contributed by atoms with van der Waals surface area (Å²) in [7, 11) is 0. The molecule has 2 aliphatic rings. The molecular formula is C24H29NO4S. The van der Waals surface area contributed by atoms with Crippen molar-refractivity contribution < 1.29 is 19.1 Å². The van der Waals surface area contributed by atoms with Crippen LogP contribution in [-0.2, 0) is 16.0 Å². The molecule has 0 radical (unpaired) electrons. The number of carbonyl (C=O) groups is 2. The Balaban J connectivity index is 1.73. The number of thiol groups is 1. The Morgan fingerprint density at radius 2 is 2.07 bits per heavy atom. The van der Waals surface area contributed by atoms with Gasteiger partial charge in [0.25, 0.3) is 5.91 Å². The van der Waals surface area contributed by atoms with E-state index in [4.69, 9.17) is 9.47 Å². The highest BCUT2D eigenvalue weighted by molar-refractivity contribution is 7.82. The van der Waals surface area contributed by atoms with Crippen LogP contribution in [0.25, 0.3) is 0 Å². The van der Waals surface area contributed by atoms with E-state index in [1.165, 1.54) is 0 Å². The molecule has 1 atom stereocenters. The summed E-state index contributed by atoms with van der Waals surface area (Å²) in [6.07, 6.45) is 10.7. The Bertz CT molecular complexity index is 927. The number of hydrogen-bond donors (Lipinski definition) is 1. The van der Waals surface area contributed by atoms with Crippen LogP contribution in [0.1, 0.15) is 43.6 Å². The predicted molar refractivity (Wildman–Crippen MR) is 121 cm³/mol. The second-order valence-electron chi connectivity index (χ2n) is 8.26. The average Bonchev–Trinajstić information content (AvgIpc) is 2.86. The SMILES string of the molecule is CCOC(=O)C(C)(C)N1CCc2cc(OCC3=CC(C)(S)C=CC=C3)ccc2C1=O. The smallest absolute Gasteiger partial charge is 0.331 e. The number of hydrogen-bond acceptors (Lipinski definition) is 5. The number of nitrogens with zero attached hydrogens (tertiary/aromatic N) is 1. The number of allylic oxidation sites excluding steroid dienone is 2. The van der Waals surface area contributed by atoms with E-state index in [9.17, 15) is 9.59 Å². The van der Waals surface area contributed by atoms with Gasteiger partial charge in [0.2, 0.25) is 0 Å². The highest BCUT2D eigenvalue weighted by atomic mass is 32.1. The van der Waals surface area contributed by atoms with Crippen LogP contribution >= 0.6 is 12.6 Å². The lowest BCUT2D eigenvalue weighted by atomic mass is 9.93. The highest BCUT2D eigenvalue weighted by Crippen LogP contribution is 2.29. The Kier molecular flexibility index (Phi) is 6.46. The van der Waals surface area contributed by atoms with E-state index in [1.807, 2.05) is 37.3 Å². The second-order valence-corrected chi connectivity index (χ2v) is 9.22. The van der Waals surface area contributed by atoms with E-state index < -0.39 is 11.5 Å². The Labute approximate surface area is 183 Å². The first-order valence-electron chi connectivity index (χ1n) is 10.2. The van der Waals surface area contributed by atoms with Gasteiger partial charge in [0.05, 0.1) is 6.61 Å². The molecule has 0 bridgehead atoms. The quantitative estimate of drug-likeness (QED) is 0.547. The van der Waals surface area contributed by atoms with Crippen LogP contribution < -0.4 is 4.74 Å². The summed E-state index contributed by atoms with van der Waals surface area (Å²) in [6, 6.07) is 5.50. The minimum atomic E-state index is -1.01. The topological polar surface area (TPSA) is 55.8 Å². The summed E-state index contributed by atoms with van der Waals surface area (Å²) in [6.45, 7) is 8.40. The number of rotatable bonds is 6. The third-order valence-electron chi connectivity index (χ3n) is 5.34. The van der Waals surface area contributed by atoms with E-state index in [0.29, 0.717) is 30.9 Å². The molecule has 1 aliphatic carbocycles. The maximum atomic E-state index is 13.0. The first-order valence-corrected chi connectivity index (χ1v) is 10.6. The zero-order valence-electron chi connectivity index (χ0n) is 18.0.